The summed E-state index contributed by atoms with van der Waals surface area (Å²) in [5, 5.41) is 4.06. The van der Waals surface area contributed by atoms with E-state index < -0.39 is 0 Å². The Balaban J connectivity index is 2.04. The van der Waals surface area contributed by atoms with Crippen molar-refractivity contribution in [3.05, 3.63) is 40.6 Å². The van der Waals surface area contributed by atoms with Crippen LogP contribution in [0.5, 0.6) is 5.75 Å². The largest absolute Gasteiger partial charge is 0.487 e. The molecule has 0 aliphatic carbocycles. The molecular formula is C11H12BrN3O. The molecule has 1 aromatic carbocycles. The van der Waals surface area contributed by atoms with E-state index in [4.69, 9.17) is 10.5 Å². The smallest absolute Gasteiger partial charge is 0.142 e. The minimum Gasteiger partial charge on any atom is -0.487 e. The number of nitrogen functional groups attached to an aromatic ring is 1. The molecule has 0 amide bonds. The number of hydrogen-bond acceptors (Lipinski definition) is 3. The number of hydrogen-bond donors (Lipinski definition) is 1. The molecule has 0 fully saturated rings. The Labute approximate surface area is 102 Å². The zero-order valence-corrected chi connectivity index (χ0v) is 10.4. The molecule has 0 atom stereocenters. The van der Waals surface area contributed by atoms with Crippen molar-refractivity contribution in [1.82, 2.24) is 9.78 Å². The van der Waals surface area contributed by atoms with Gasteiger partial charge in [0.15, 0.2) is 0 Å². The Morgan fingerprint density at radius 1 is 1.50 bits per heavy atom. The minimum atomic E-state index is 0.472. The number of nitrogens with zero attached hydrogens (tertiary/aromatic N) is 2. The van der Waals surface area contributed by atoms with Gasteiger partial charge in [-0.2, -0.15) is 5.10 Å². The van der Waals surface area contributed by atoms with Gasteiger partial charge in [-0.15, -0.1) is 0 Å². The highest BCUT2D eigenvalue weighted by molar-refractivity contribution is 9.10. The number of nitrogens with two attached hydrogens (primary N) is 1. The minimum absolute atomic E-state index is 0.472. The summed E-state index contributed by atoms with van der Waals surface area (Å²) in [7, 11) is 1.87. The van der Waals surface area contributed by atoms with Crippen molar-refractivity contribution < 1.29 is 4.74 Å². The summed E-state index contributed by atoms with van der Waals surface area (Å²) in [6, 6.07) is 5.56. The third kappa shape index (κ3) is 2.55. The third-order valence-corrected chi connectivity index (χ3v) is 2.62. The SMILES string of the molecule is Cn1cc(COc2ccc(Br)cc2N)cn1. The summed E-state index contributed by atoms with van der Waals surface area (Å²) < 4.78 is 8.27. The van der Waals surface area contributed by atoms with Crippen molar-refractivity contribution >= 4 is 21.6 Å². The van der Waals surface area contributed by atoms with Gasteiger partial charge in [-0.1, -0.05) is 15.9 Å². The second-order valence-corrected chi connectivity index (χ2v) is 4.41. The lowest BCUT2D eigenvalue weighted by molar-refractivity contribution is 0.308. The molecule has 5 heteroatoms. The lowest BCUT2D eigenvalue weighted by Gasteiger charge is -2.07. The van der Waals surface area contributed by atoms with Gasteiger partial charge in [0.05, 0.1) is 11.9 Å². The van der Waals surface area contributed by atoms with Crippen molar-refractivity contribution in [3.8, 4) is 5.75 Å². The van der Waals surface area contributed by atoms with Gasteiger partial charge in [-0.3, -0.25) is 4.68 Å². The van der Waals surface area contributed by atoms with Crippen LogP contribution in [0.15, 0.2) is 35.1 Å². The lowest BCUT2D eigenvalue weighted by atomic mass is 10.3. The Morgan fingerprint density at radius 3 is 2.94 bits per heavy atom. The molecule has 4 nitrogen and oxygen atoms in total. The van der Waals surface area contributed by atoms with Gasteiger partial charge in [0.25, 0.3) is 0 Å². The average Bonchev–Trinajstić information content (AvgIpc) is 2.63. The standard InChI is InChI=1S/C11H12BrN3O/c1-15-6-8(5-14-15)7-16-11-3-2-9(12)4-10(11)13/h2-6H,7,13H2,1H3. The summed E-state index contributed by atoms with van der Waals surface area (Å²) in [6.45, 7) is 0.472. The second kappa shape index (κ2) is 4.57. The molecule has 0 aliphatic heterocycles. The lowest BCUT2D eigenvalue weighted by Crippen LogP contribution is -1.97. The van der Waals surface area contributed by atoms with E-state index >= 15 is 0 Å². The van der Waals surface area contributed by atoms with E-state index in [2.05, 4.69) is 21.0 Å². The van der Waals surface area contributed by atoms with Crippen LogP contribution < -0.4 is 10.5 Å². The summed E-state index contributed by atoms with van der Waals surface area (Å²) in [4.78, 5) is 0. The molecule has 0 unspecified atom stereocenters. The Morgan fingerprint density at radius 2 is 2.31 bits per heavy atom. The van der Waals surface area contributed by atoms with E-state index in [9.17, 15) is 0 Å². The van der Waals surface area contributed by atoms with E-state index in [0.717, 1.165) is 10.0 Å². The fourth-order valence-electron chi connectivity index (χ4n) is 1.36. The zero-order chi connectivity index (χ0) is 11.5. The first-order valence-corrected chi connectivity index (χ1v) is 5.60. The summed E-state index contributed by atoms with van der Waals surface area (Å²) >= 11 is 3.35. The maximum atomic E-state index is 5.81. The molecular weight excluding hydrogens is 270 g/mol. The van der Waals surface area contributed by atoms with Crippen LogP contribution in [-0.4, -0.2) is 9.78 Å². The number of aromatic nitrogens is 2. The quantitative estimate of drug-likeness (QED) is 0.879. The first-order valence-electron chi connectivity index (χ1n) is 4.80. The molecule has 16 heavy (non-hydrogen) atoms. The second-order valence-electron chi connectivity index (χ2n) is 3.49. The topological polar surface area (TPSA) is 53.1 Å². The fourth-order valence-corrected chi connectivity index (χ4v) is 1.74. The van der Waals surface area contributed by atoms with E-state index in [0.29, 0.717) is 18.0 Å². The molecule has 1 heterocycles. The molecule has 0 spiro atoms. The van der Waals surface area contributed by atoms with E-state index in [1.165, 1.54) is 0 Å². The van der Waals surface area contributed by atoms with Crippen molar-refractivity contribution in [3.63, 3.8) is 0 Å². The molecule has 2 aromatic rings. The Hall–Kier alpha value is -1.49. The predicted molar refractivity (Wildman–Crippen MR) is 66.1 cm³/mol. The van der Waals surface area contributed by atoms with Crippen LogP contribution in [0.1, 0.15) is 5.56 Å². The van der Waals surface area contributed by atoms with Crippen LogP contribution in [0.2, 0.25) is 0 Å². The molecule has 0 aliphatic rings. The number of ether oxygens (including phenoxy) is 1. The number of benzene rings is 1. The predicted octanol–water partition coefficient (Wildman–Crippen LogP) is 2.34. The molecule has 0 saturated heterocycles. The molecule has 1 aromatic heterocycles. The summed E-state index contributed by atoms with van der Waals surface area (Å²) in [5.41, 5.74) is 7.46. The maximum Gasteiger partial charge on any atom is 0.142 e. The van der Waals surface area contributed by atoms with Gasteiger partial charge in [0.1, 0.15) is 12.4 Å². The highest BCUT2D eigenvalue weighted by Crippen LogP contribution is 2.25. The fraction of sp³-hybridized carbons (Fsp3) is 0.182. The first-order chi connectivity index (χ1) is 7.65. The van der Waals surface area contributed by atoms with Crippen molar-refractivity contribution in [2.24, 2.45) is 7.05 Å². The van der Waals surface area contributed by atoms with Crippen molar-refractivity contribution in [1.29, 1.82) is 0 Å². The summed E-state index contributed by atoms with van der Waals surface area (Å²) in [6.07, 6.45) is 3.68. The highest BCUT2D eigenvalue weighted by Gasteiger charge is 2.02. The molecule has 2 N–H and O–H groups in total. The van der Waals surface area contributed by atoms with Crippen LogP contribution >= 0.6 is 15.9 Å². The van der Waals surface area contributed by atoms with Crippen LogP contribution in [0.4, 0.5) is 5.69 Å². The molecule has 84 valence electrons. The van der Waals surface area contributed by atoms with Gasteiger partial charge in [-0.05, 0) is 18.2 Å². The van der Waals surface area contributed by atoms with Gasteiger partial charge < -0.3 is 10.5 Å². The van der Waals surface area contributed by atoms with E-state index in [1.54, 1.807) is 10.9 Å². The van der Waals surface area contributed by atoms with Gasteiger partial charge >= 0.3 is 0 Å². The van der Waals surface area contributed by atoms with Crippen LogP contribution in [0.3, 0.4) is 0 Å². The maximum absolute atomic E-state index is 5.81. The number of rotatable bonds is 3. The summed E-state index contributed by atoms with van der Waals surface area (Å²) in [5.74, 6) is 0.687. The van der Waals surface area contributed by atoms with Crippen LogP contribution in [0, 0.1) is 0 Å². The average molecular weight is 282 g/mol. The molecule has 2 rings (SSSR count). The van der Waals surface area contributed by atoms with Gasteiger partial charge in [-0.25, -0.2) is 0 Å². The molecule has 0 radical (unpaired) electrons. The molecule has 0 saturated carbocycles. The Bertz CT molecular complexity index is 496. The van der Waals surface area contributed by atoms with Crippen molar-refractivity contribution in [2.75, 3.05) is 5.73 Å². The van der Waals surface area contributed by atoms with E-state index in [1.807, 2.05) is 31.4 Å². The Kier molecular flexibility index (Phi) is 3.14. The monoisotopic (exact) mass is 281 g/mol. The van der Waals surface area contributed by atoms with Crippen LogP contribution in [0.25, 0.3) is 0 Å². The number of anilines is 1. The zero-order valence-electron chi connectivity index (χ0n) is 8.85. The van der Waals surface area contributed by atoms with Gasteiger partial charge in [0, 0.05) is 23.3 Å². The van der Waals surface area contributed by atoms with Crippen LogP contribution in [-0.2, 0) is 13.7 Å². The van der Waals surface area contributed by atoms with E-state index in [-0.39, 0.29) is 0 Å². The molecule has 0 bridgehead atoms. The third-order valence-electron chi connectivity index (χ3n) is 2.12. The highest BCUT2D eigenvalue weighted by atomic mass is 79.9. The number of aryl methyl sites for hydroxylation is 1. The first kappa shape index (κ1) is 11.0. The normalized spacial score (nSPS) is 10.4. The van der Waals surface area contributed by atoms with Crippen molar-refractivity contribution in [2.45, 2.75) is 6.61 Å². The number of halogens is 1. The van der Waals surface area contributed by atoms with Gasteiger partial charge in [0.2, 0.25) is 0 Å².